The van der Waals surface area contributed by atoms with Gasteiger partial charge >= 0.3 is 0 Å². The zero-order chi connectivity index (χ0) is 27.5. The molecule has 2 atom stereocenters. The molecule has 0 spiro atoms. The number of carbonyl (C=O) groups excluding carboxylic acids is 2. The van der Waals surface area contributed by atoms with Crippen LogP contribution >= 0.6 is 11.6 Å². The van der Waals surface area contributed by atoms with Gasteiger partial charge in [0.1, 0.15) is 5.82 Å². The molecule has 0 aliphatic carbocycles. The molecule has 2 heterocycles. The Kier molecular flexibility index (Phi) is 8.34. The average Bonchev–Trinajstić information content (AvgIpc) is 3.44. The summed E-state index contributed by atoms with van der Waals surface area (Å²) in [5, 5.41) is 3.60. The highest BCUT2D eigenvalue weighted by Crippen LogP contribution is 2.39. The highest BCUT2D eigenvalue weighted by molar-refractivity contribution is 6.31. The molecule has 204 valence electrons. The summed E-state index contributed by atoms with van der Waals surface area (Å²) >= 11 is 6.30. The van der Waals surface area contributed by atoms with E-state index in [1.54, 1.807) is 30.0 Å². The first kappa shape index (κ1) is 27.4. The summed E-state index contributed by atoms with van der Waals surface area (Å²) in [6.07, 6.45) is 3.73. The molecule has 0 unspecified atom stereocenters. The van der Waals surface area contributed by atoms with E-state index in [0.717, 1.165) is 30.8 Å². The van der Waals surface area contributed by atoms with Gasteiger partial charge in [-0.1, -0.05) is 54.1 Å². The van der Waals surface area contributed by atoms with Gasteiger partial charge in [0.05, 0.1) is 17.5 Å². The zero-order valence-electron chi connectivity index (χ0n) is 22.6. The summed E-state index contributed by atoms with van der Waals surface area (Å²) in [4.78, 5) is 31.7. The van der Waals surface area contributed by atoms with E-state index in [-0.39, 0.29) is 17.4 Å². The van der Waals surface area contributed by atoms with Crippen LogP contribution in [-0.4, -0.2) is 41.2 Å². The number of nitrogens with one attached hydrogen (secondary N) is 1. The van der Waals surface area contributed by atoms with Crippen LogP contribution < -0.4 is 5.32 Å². The molecule has 1 N–H and O–H groups in total. The minimum atomic E-state index is -0.541. The molecule has 0 saturated carbocycles. The van der Waals surface area contributed by atoms with E-state index in [1.165, 1.54) is 24.5 Å². The number of likely N-dealkylation sites (tertiary alicyclic amines) is 2. The van der Waals surface area contributed by atoms with Crippen LogP contribution in [0.2, 0.25) is 5.02 Å². The van der Waals surface area contributed by atoms with Gasteiger partial charge in [-0.15, -0.1) is 0 Å². The van der Waals surface area contributed by atoms with Crippen LogP contribution in [0, 0.1) is 25.6 Å². The molecule has 39 heavy (non-hydrogen) atoms. The molecule has 2 aliphatic rings. The Morgan fingerprint density at radius 1 is 0.949 bits per heavy atom. The second-order valence-corrected chi connectivity index (χ2v) is 11.2. The monoisotopic (exact) mass is 547 g/mol. The number of nitrogens with zero attached hydrogens (tertiary/aromatic N) is 2. The molecule has 5 rings (SSSR count). The fourth-order valence-corrected chi connectivity index (χ4v) is 6.06. The van der Waals surface area contributed by atoms with Crippen molar-refractivity contribution >= 4 is 29.1 Å². The summed E-state index contributed by atoms with van der Waals surface area (Å²) in [5.74, 6) is -1.60. The van der Waals surface area contributed by atoms with Gasteiger partial charge < -0.3 is 10.2 Å². The Balaban J connectivity index is 1.47. The van der Waals surface area contributed by atoms with Crippen LogP contribution in [0.1, 0.15) is 64.3 Å². The van der Waals surface area contributed by atoms with E-state index in [2.05, 4.69) is 22.3 Å². The van der Waals surface area contributed by atoms with Gasteiger partial charge in [0.2, 0.25) is 5.91 Å². The second-order valence-electron chi connectivity index (χ2n) is 10.8. The quantitative estimate of drug-likeness (QED) is 0.364. The summed E-state index contributed by atoms with van der Waals surface area (Å²) < 4.78 is 14.9. The van der Waals surface area contributed by atoms with Crippen LogP contribution in [0.3, 0.4) is 0 Å². The standard InChI is InChI=1S/C32H35ClFN3O2/c1-21-10-15-25(19-27(21)33)35-31(38)26-8-6-18-37(32(39)29-22(2)7-5-9-28(29)34)30(26)24-13-11-23(12-14-24)20-36-16-3-4-17-36/h5,7,9-15,19,26,30H,3-4,6,8,16-18,20H2,1-2H3,(H,35,38)/t26-,30-/m0/s1. The van der Waals surface area contributed by atoms with Crippen molar-refractivity contribution in [2.45, 2.75) is 52.1 Å². The Hall–Kier alpha value is -3.22. The maximum atomic E-state index is 14.9. The molecule has 3 aromatic carbocycles. The highest BCUT2D eigenvalue weighted by Gasteiger charge is 2.40. The van der Waals surface area contributed by atoms with Gasteiger partial charge in [-0.05, 0) is 93.1 Å². The molecular formula is C32H35ClFN3O2. The third kappa shape index (κ3) is 6.02. The highest BCUT2D eigenvalue weighted by atomic mass is 35.5. The first-order valence-electron chi connectivity index (χ1n) is 13.8. The van der Waals surface area contributed by atoms with E-state index in [9.17, 15) is 14.0 Å². The molecule has 2 fully saturated rings. The summed E-state index contributed by atoms with van der Waals surface area (Å²) in [6, 6.07) is 17.8. The maximum absolute atomic E-state index is 14.9. The van der Waals surface area contributed by atoms with Crippen LogP contribution in [-0.2, 0) is 11.3 Å². The number of rotatable bonds is 6. The summed E-state index contributed by atoms with van der Waals surface area (Å²) in [7, 11) is 0. The molecule has 0 radical (unpaired) electrons. The fourth-order valence-electron chi connectivity index (χ4n) is 5.88. The van der Waals surface area contributed by atoms with E-state index >= 15 is 0 Å². The van der Waals surface area contributed by atoms with Crippen LogP contribution in [0.4, 0.5) is 10.1 Å². The van der Waals surface area contributed by atoms with Crippen LogP contribution in [0.15, 0.2) is 60.7 Å². The maximum Gasteiger partial charge on any atom is 0.257 e. The number of carbonyl (C=O) groups is 2. The molecule has 7 heteroatoms. The third-order valence-corrected chi connectivity index (χ3v) is 8.44. The zero-order valence-corrected chi connectivity index (χ0v) is 23.3. The van der Waals surface area contributed by atoms with Gasteiger partial charge in [0.15, 0.2) is 0 Å². The lowest BCUT2D eigenvalue weighted by Crippen LogP contribution is -2.46. The normalized spacial score (nSPS) is 19.7. The van der Waals surface area contributed by atoms with E-state index < -0.39 is 17.8 Å². The second kappa shape index (κ2) is 11.9. The number of halogens is 2. The SMILES string of the molecule is Cc1ccc(NC(=O)[C@H]2CCCN(C(=O)c3c(C)cccc3F)[C@H]2c2ccc(CN3CCCC3)cc2)cc1Cl. The number of anilines is 1. The Morgan fingerprint density at radius 3 is 2.38 bits per heavy atom. The first-order valence-corrected chi connectivity index (χ1v) is 14.1. The predicted molar refractivity (Wildman–Crippen MR) is 153 cm³/mol. The lowest BCUT2D eigenvalue weighted by atomic mass is 9.83. The summed E-state index contributed by atoms with van der Waals surface area (Å²) in [5.41, 5.74) is 4.28. The largest absolute Gasteiger partial charge is 0.331 e. The fraction of sp³-hybridized carbons (Fsp3) is 0.375. The van der Waals surface area contributed by atoms with Crippen molar-refractivity contribution in [2.75, 3.05) is 25.0 Å². The molecule has 0 aromatic heterocycles. The van der Waals surface area contributed by atoms with Gasteiger partial charge in [0, 0.05) is 23.8 Å². The number of hydrogen-bond donors (Lipinski definition) is 1. The van der Waals surface area contributed by atoms with Crippen molar-refractivity contribution in [3.63, 3.8) is 0 Å². The van der Waals surface area contributed by atoms with Crippen molar-refractivity contribution in [3.05, 3.63) is 99.3 Å². The number of aryl methyl sites for hydroxylation is 2. The smallest absolute Gasteiger partial charge is 0.257 e. The van der Waals surface area contributed by atoms with E-state index in [1.807, 2.05) is 31.2 Å². The lowest BCUT2D eigenvalue weighted by Gasteiger charge is -2.41. The van der Waals surface area contributed by atoms with Gasteiger partial charge in [-0.25, -0.2) is 4.39 Å². The van der Waals surface area contributed by atoms with Crippen molar-refractivity contribution in [1.82, 2.24) is 9.80 Å². The molecule has 2 saturated heterocycles. The van der Waals surface area contributed by atoms with E-state index in [4.69, 9.17) is 11.6 Å². The first-order chi connectivity index (χ1) is 18.8. The Labute approximate surface area is 235 Å². The Bertz CT molecular complexity index is 1330. The molecule has 3 aromatic rings. The van der Waals surface area contributed by atoms with Crippen molar-refractivity contribution in [1.29, 1.82) is 0 Å². The topological polar surface area (TPSA) is 52.7 Å². The number of amides is 2. The number of piperidine rings is 1. The van der Waals surface area contributed by atoms with Crippen molar-refractivity contribution in [3.8, 4) is 0 Å². The molecule has 0 bridgehead atoms. The number of hydrogen-bond acceptors (Lipinski definition) is 3. The average molecular weight is 548 g/mol. The Morgan fingerprint density at radius 2 is 1.69 bits per heavy atom. The predicted octanol–water partition coefficient (Wildman–Crippen LogP) is 6.92. The minimum absolute atomic E-state index is 0.0690. The molecule has 2 amide bonds. The van der Waals surface area contributed by atoms with E-state index in [0.29, 0.717) is 35.7 Å². The van der Waals surface area contributed by atoms with Gasteiger partial charge in [-0.3, -0.25) is 14.5 Å². The summed E-state index contributed by atoms with van der Waals surface area (Å²) in [6.45, 7) is 7.22. The third-order valence-electron chi connectivity index (χ3n) is 8.03. The number of benzene rings is 3. The minimum Gasteiger partial charge on any atom is -0.331 e. The molecule has 2 aliphatic heterocycles. The lowest BCUT2D eigenvalue weighted by molar-refractivity contribution is -0.123. The van der Waals surface area contributed by atoms with Crippen molar-refractivity contribution < 1.29 is 14.0 Å². The molecular weight excluding hydrogens is 513 g/mol. The molecule has 5 nitrogen and oxygen atoms in total. The van der Waals surface area contributed by atoms with Gasteiger partial charge in [-0.2, -0.15) is 0 Å². The van der Waals surface area contributed by atoms with Crippen LogP contribution in [0.25, 0.3) is 0 Å². The van der Waals surface area contributed by atoms with Crippen LogP contribution in [0.5, 0.6) is 0 Å². The van der Waals surface area contributed by atoms with Crippen molar-refractivity contribution in [2.24, 2.45) is 5.92 Å². The van der Waals surface area contributed by atoms with Gasteiger partial charge in [0.25, 0.3) is 5.91 Å².